The maximum absolute atomic E-state index is 12.1. The number of likely N-dealkylation sites (tertiary alicyclic amines) is 1. The number of benzene rings is 1. The minimum Gasteiger partial charge on any atom is -0.481 e. The number of carbonyl (C=O) groups excluding carboxylic acids is 1. The average molecular weight is 347 g/mol. The van der Waals surface area contributed by atoms with Crippen molar-refractivity contribution >= 4 is 41.6 Å². The molecule has 1 unspecified atom stereocenters. The number of hydrogen-bond acceptors (Lipinski definition) is 3. The number of aryl methyl sites for hydroxylation is 2. The first kappa shape index (κ1) is 18.7. The van der Waals surface area contributed by atoms with Gasteiger partial charge < -0.3 is 10.4 Å². The lowest BCUT2D eigenvalue weighted by atomic mass is 10.1. The van der Waals surface area contributed by atoms with Gasteiger partial charge in [0.05, 0.1) is 23.2 Å². The summed E-state index contributed by atoms with van der Waals surface area (Å²) in [6.45, 7) is 5.08. The fourth-order valence-corrected chi connectivity index (χ4v) is 3.00. The third-order valence-electron chi connectivity index (χ3n) is 3.68. The normalized spacial score (nSPS) is 17.9. The van der Waals surface area contributed by atoms with Crippen LogP contribution in [0.15, 0.2) is 12.1 Å². The second-order valence-electron chi connectivity index (χ2n) is 5.55. The van der Waals surface area contributed by atoms with Gasteiger partial charge in [0.1, 0.15) is 0 Å². The maximum Gasteiger partial charge on any atom is 0.307 e. The van der Waals surface area contributed by atoms with E-state index in [1.54, 1.807) is 6.07 Å². The molecule has 0 radical (unpaired) electrons. The molecule has 5 nitrogen and oxygen atoms in total. The van der Waals surface area contributed by atoms with Gasteiger partial charge in [-0.25, -0.2) is 0 Å². The van der Waals surface area contributed by atoms with Gasteiger partial charge in [-0.15, -0.1) is 12.4 Å². The molecule has 0 spiro atoms. The van der Waals surface area contributed by atoms with Gasteiger partial charge in [0.25, 0.3) is 0 Å². The zero-order chi connectivity index (χ0) is 15.6. The zero-order valence-electron chi connectivity index (χ0n) is 12.6. The molecule has 1 aromatic carbocycles. The average Bonchev–Trinajstić information content (AvgIpc) is 2.82. The molecular weight excluding hydrogens is 327 g/mol. The number of amides is 1. The second kappa shape index (κ2) is 7.81. The molecule has 7 heteroatoms. The highest BCUT2D eigenvalue weighted by Gasteiger charge is 2.29. The molecule has 1 aliphatic heterocycles. The smallest absolute Gasteiger partial charge is 0.307 e. The molecule has 0 aliphatic carbocycles. The van der Waals surface area contributed by atoms with Crippen molar-refractivity contribution in [3.8, 4) is 0 Å². The summed E-state index contributed by atoms with van der Waals surface area (Å²) in [7, 11) is 0. The van der Waals surface area contributed by atoms with E-state index in [4.69, 9.17) is 16.7 Å². The van der Waals surface area contributed by atoms with Crippen LogP contribution in [-0.2, 0) is 9.59 Å². The largest absolute Gasteiger partial charge is 0.481 e. The molecule has 0 bridgehead atoms. The number of anilines is 1. The fraction of sp³-hybridized carbons (Fsp3) is 0.467. The summed E-state index contributed by atoms with van der Waals surface area (Å²) in [6.07, 6.45) is 0.590. The van der Waals surface area contributed by atoms with Crippen LogP contribution < -0.4 is 5.32 Å². The molecule has 0 saturated carbocycles. The number of carboxylic acids is 1. The van der Waals surface area contributed by atoms with Crippen molar-refractivity contribution in [3.63, 3.8) is 0 Å². The van der Waals surface area contributed by atoms with Crippen molar-refractivity contribution in [2.45, 2.75) is 20.3 Å². The van der Waals surface area contributed by atoms with Crippen LogP contribution in [0.4, 0.5) is 5.69 Å². The Hall–Kier alpha value is -1.30. The molecule has 22 heavy (non-hydrogen) atoms. The number of carboxylic acid groups (broad SMARTS) is 1. The molecule has 1 heterocycles. The van der Waals surface area contributed by atoms with Gasteiger partial charge in [-0.05, 0) is 44.0 Å². The highest BCUT2D eigenvalue weighted by Crippen LogP contribution is 2.27. The van der Waals surface area contributed by atoms with E-state index in [-0.39, 0.29) is 30.8 Å². The predicted octanol–water partition coefficient (Wildman–Crippen LogP) is 2.72. The van der Waals surface area contributed by atoms with Crippen molar-refractivity contribution < 1.29 is 14.7 Å². The van der Waals surface area contributed by atoms with Crippen molar-refractivity contribution in [2.24, 2.45) is 5.92 Å². The molecule has 1 aliphatic rings. The van der Waals surface area contributed by atoms with Gasteiger partial charge in [0, 0.05) is 6.54 Å². The lowest BCUT2D eigenvalue weighted by Crippen LogP contribution is -2.32. The highest BCUT2D eigenvalue weighted by molar-refractivity contribution is 6.34. The van der Waals surface area contributed by atoms with Crippen molar-refractivity contribution in [1.29, 1.82) is 0 Å². The number of nitrogens with zero attached hydrogens (tertiary/aromatic N) is 1. The van der Waals surface area contributed by atoms with Crippen molar-refractivity contribution in [1.82, 2.24) is 4.90 Å². The van der Waals surface area contributed by atoms with Crippen LogP contribution in [0, 0.1) is 19.8 Å². The van der Waals surface area contributed by atoms with Gasteiger partial charge >= 0.3 is 5.97 Å². The first-order valence-electron chi connectivity index (χ1n) is 6.88. The first-order chi connectivity index (χ1) is 9.86. The maximum atomic E-state index is 12.1. The summed E-state index contributed by atoms with van der Waals surface area (Å²) in [5.41, 5.74) is 2.58. The molecule has 1 aromatic rings. The van der Waals surface area contributed by atoms with Crippen LogP contribution in [0.1, 0.15) is 17.5 Å². The van der Waals surface area contributed by atoms with Crippen LogP contribution in [-0.4, -0.2) is 41.5 Å². The van der Waals surface area contributed by atoms with E-state index in [0.29, 0.717) is 30.2 Å². The standard InChI is InChI=1S/C15H19ClN2O3.ClH/c1-9-5-10(2)14(12(16)6-9)17-13(19)8-18-4-3-11(7-18)15(20)21;/h5-6,11H,3-4,7-8H2,1-2H3,(H,17,19)(H,20,21);1H. The van der Waals surface area contributed by atoms with E-state index in [1.165, 1.54) is 0 Å². The molecule has 1 saturated heterocycles. The number of hydrogen-bond donors (Lipinski definition) is 2. The molecular formula is C15H20Cl2N2O3. The SMILES string of the molecule is Cc1cc(C)c(NC(=O)CN2CCC(C(=O)O)C2)c(Cl)c1.Cl. The number of rotatable bonds is 4. The van der Waals surface area contributed by atoms with Crippen LogP contribution in [0.25, 0.3) is 0 Å². The van der Waals surface area contributed by atoms with Gasteiger partial charge in [-0.3, -0.25) is 14.5 Å². The van der Waals surface area contributed by atoms with Gasteiger partial charge in [-0.1, -0.05) is 17.7 Å². The van der Waals surface area contributed by atoms with E-state index in [0.717, 1.165) is 11.1 Å². The summed E-state index contributed by atoms with van der Waals surface area (Å²) in [4.78, 5) is 24.8. The lowest BCUT2D eigenvalue weighted by molar-refractivity contribution is -0.141. The molecule has 0 aromatic heterocycles. The lowest BCUT2D eigenvalue weighted by Gasteiger charge is -2.16. The number of carbonyl (C=O) groups is 2. The third-order valence-corrected chi connectivity index (χ3v) is 3.98. The number of nitrogens with one attached hydrogen (secondary N) is 1. The van der Waals surface area contributed by atoms with E-state index in [1.807, 2.05) is 24.8 Å². The second-order valence-corrected chi connectivity index (χ2v) is 5.95. The minimum absolute atomic E-state index is 0. The molecule has 122 valence electrons. The Kier molecular flexibility index (Phi) is 6.66. The number of halogens is 2. The summed E-state index contributed by atoms with van der Waals surface area (Å²) in [6, 6.07) is 3.76. The topological polar surface area (TPSA) is 69.6 Å². The van der Waals surface area contributed by atoms with Crippen molar-refractivity contribution in [2.75, 3.05) is 25.0 Å². The van der Waals surface area contributed by atoms with Crippen LogP contribution in [0.3, 0.4) is 0 Å². The van der Waals surface area contributed by atoms with Crippen LogP contribution >= 0.6 is 24.0 Å². The fourth-order valence-electron chi connectivity index (χ4n) is 2.63. The molecule has 1 amide bonds. The quantitative estimate of drug-likeness (QED) is 0.879. The Bertz CT molecular complexity index is 555. The predicted molar refractivity (Wildman–Crippen MR) is 89.0 cm³/mol. The monoisotopic (exact) mass is 346 g/mol. The minimum atomic E-state index is -0.796. The first-order valence-corrected chi connectivity index (χ1v) is 7.26. The Morgan fingerprint density at radius 1 is 1.41 bits per heavy atom. The summed E-state index contributed by atoms with van der Waals surface area (Å²) in [5, 5.41) is 12.3. The molecule has 1 fully saturated rings. The molecule has 2 N–H and O–H groups in total. The van der Waals surface area contributed by atoms with E-state index >= 15 is 0 Å². The highest BCUT2D eigenvalue weighted by atomic mass is 35.5. The third kappa shape index (κ3) is 4.60. The zero-order valence-corrected chi connectivity index (χ0v) is 14.1. The van der Waals surface area contributed by atoms with Gasteiger partial charge in [-0.2, -0.15) is 0 Å². The molecule has 2 rings (SSSR count). The van der Waals surface area contributed by atoms with Crippen LogP contribution in [0.5, 0.6) is 0 Å². The summed E-state index contributed by atoms with van der Waals surface area (Å²) < 4.78 is 0. The van der Waals surface area contributed by atoms with Crippen LogP contribution in [0.2, 0.25) is 5.02 Å². The molecule has 1 atom stereocenters. The summed E-state index contributed by atoms with van der Waals surface area (Å²) in [5.74, 6) is -1.34. The van der Waals surface area contributed by atoms with E-state index < -0.39 is 5.97 Å². The van der Waals surface area contributed by atoms with E-state index in [2.05, 4.69) is 5.32 Å². The van der Waals surface area contributed by atoms with Crippen molar-refractivity contribution in [3.05, 3.63) is 28.3 Å². The summed E-state index contributed by atoms with van der Waals surface area (Å²) >= 11 is 6.15. The van der Waals surface area contributed by atoms with Gasteiger partial charge in [0.15, 0.2) is 0 Å². The Morgan fingerprint density at radius 3 is 2.64 bits per heavy atom. The Labute approximate surface area is 141 Å². The number of aliphatic carboxylic acids is 1. The van der Waals surface area contributed by atoms with E-state index in [9.17, 15) is 9.59 Å². The Balaban J connectivity index is 0.00000242. The van der Waals surface area contributed by atoms with Gasteiger partial charge in [0.2, 0.25) is 5.91 Å². The Morgan fingerprint density at radius 2 is 2.09 bits per heavy atom.